The lowest BCUT2D eigenvalue weighted by Crippen LogP contribution is -2.31. The molecule has 1 N–H and O–H groups in total. The van der Waals surface area contributed by atoms with Crippen LogP contribution in [0, 0.1) is 11.3 Å². The van der Waals surface area contributed by atoms with Crippen LogP contribution in [0.2, 0.25) is 0 Å². The number of rotatable bonds is 4. The van der Waals surface area contributed by atoms with Gasteiger partial charge in [0.05, 0.1) is 12.5 Å². The van der Waals surface area contributed by atoms with Gasteiger partial charge in [-0.15, -0.1) is 0 Å². The average Bonchev–Trinajstić information content (AvgIpc) is 2.54. The van der Waals surface area contributed by atoms with Crippen LogP contribution in [0.3, 0.4) is 0 Å². The van der Waals surface area contributed by atoms with E-state index in [0.717, 1.165) is 13.0 Å². The third kappa shape index (κ3) is 3.18. The van der Waals surface area contributed by atoms with Gasteiger partial charge in [0.2, 0.25) is 0 Å². The summed E-state index contributed by atoms with van der Waals surface area (Å²) in [6, 6.07) is 2.05. The summed E-state index contributed by atoms with van der Waals surface area (Å²) in [5, 5.41) is 3.26. The predicted molar refractivity (Wildman–Crippen MR) is 59.3 cm³/mol. The quantitative estimate of drug-likeness (QED) is 0.799. The maximum absolute atomic E-state index is 5.09. The van der Waals surface area contributed by atoms with E-state index >= 15 is 0 Å². The first-order valence-corrected chi connectivity index (χ1v) is 5.19. The molecule has 1 aromatic rings. The van der Waals surface area contributed by atoms with Gasteiger partial charge in [-0.25, -0.2) is 0 Å². The first-order chi connectivity index (χ1) is 6.54. The van der Waals surface area contributed by atoms with Crippen LogP contribution in [0.5, 0.6) is 0 Å². The Labute approximate surface area is 86.7 Å². The SMILES string of the molecule is CNCC(Cc1ccoc1)C(C)(C)C. The van der Waals surface area contributed by atoms with E-state index in [1.165, 1.54) is 5.56 Å². The summed E-state index contributed by atoms with van der Waals surface area (Å²) < 4.78 is 5.09. The highest BCUT2D eigenvalue weighted by Gasteiger charge is 2.24. The summed E-state index contributed by atoms with van der Waals surface area (Å²) in [6.07, 6.45) is 4.67. The van der Waals surface area contributed by atoms with Crippen LogP contribution >= 0.6 is 0 Å². The van der Waals surface area contributed by atoms with E-state index in [4.69, 9.17) is 4.42 Å². The minimum absolute atomic E-state index is 0.334. The fourth-order valence-corrected chi connectivity index (χ4v) is 1.62. The van der Waals surface area contributed by atoms with Gasteiger partial charge >= 0.3 is 0 Å². The standard InChI is InChI=1S/C12H21NO/c1-12(2,3)11(8-13-4)7-10-5-6-14-9-10/h5-6,9,11,13H,7-8H2,1-4H3. The fourth-order valence-electron chi connectivity index (χ4n) is 1.62. The molecule has 1 rings (SSSR count). The van der Waals surface area contributed by atoms with E-state index in [-0.39, 0.29) is 0 Å². The van der Waals surface area contributed by atoms with Crippen molar-refractivity contribution in [2.75, 3.05) is 13.6 Å². The molecule has 0 fully saturated rings. The van der Waals surface area contributed by atoms with Crippen LogP contribution in [-0.4, -0.2) is 13.6 Å². The molecule has 14 heavy (non-hydrogen) atoms. The van der Waals surface area contributed by atoms with Gasteiger partial charge in [0.15, 0.2) is 0 Å². The van der Waals surface area contributed by atoms with Crippen molar-refractivity contribution >= 4 is 0 Å². The van der Waals surface area contributed by atoms with E-state index in [9.17, 15) is 0 Å². The highest BCUT2D eigenvalue weighted by Crippen LogP contribution is 2.28. The zero-order valence-corrected chi connectivity index (χ0v) is 9.63. The van der Waals surface area contributed by atoms with Crippen molar-refractivity contribution in [3.63, 3.8) is 0 Å². The van der Waals surface area contributed by atoms with E-state index in [0.29, 0.717) is 11.3 Å². The van der Waals surface area contributed by atoms with Crippen LogP contribution in [0.25, 0.3) is 0 Å². The molecule has 1 aromatic heterocycles. The zero-order chi connectivity index (χ0) is 10.6. The zero-order valence-electron chi connectivity index (χ0n) is 9.63. The third-order valence-electron chi connectivity index (χ3n) is 2.74. The van der Waals surface area contributed by atoms with Crippen LogP contribution in [-0.2, 0) is 6.42 Å². The Morgan fingerprint density at radius 3 is 2.57 bits per heavy atom. The summed E-state index contributed by atoms with van der Waals surface area (Å²) in [6.45, 7) is 7.91. The number of hydrogen-bond donors (Lipinski definition) is 1. The first kappa shape index (κ1) is 11.3. The lowest BCUT2D eigenvalue weighted by atomic mass is 9.77. The van der Waals surface area contributed by atoms with Crippen LogP contribution in [0.1, 0.15) is 26.3 Å². The summed E-state index contributed by atoms with van der Waals surface area (Å²) in [5.41, 5.74) is 1.63. The van der Waals surface area contributed by atoms with E-state index < -0.39 is 0 Å². The fraction of sp³-hybridized carbons (Fsp3) is 0.667. The molecule has 0 spiro atoms. The smallest absolute Gasteiger partial charge is 0.0934 e. The van der Waals surface area contributed by atoms with Crippen molar-refractivity contribution < 1.29 is 4.42 Å². The van der Waals surface area contributed by atoms with Gasteiger partial charge in [-0.05, 0) is 43.0 Å². The van der Waals surface area contributed by atoms with Gasteiger partial charge in [0.1, 0.15) is 0 Å². The average molecular weight is 195 g/mol. The molecule has 0 saturated heterocycles. The van der Waals surface area contributed by atoms with Crippen LogP contribution in [0.15, 0.2) is 23.0 Å². The molecular weight excluding hydrogens is 174 g/mol. The highest BCUT2D eigenvalue weighted by molar-refractivity contribution is 5.07. The van der Waals surface area contributed by atoms with Crippen molar-refractivity contribution in [3.8, 4) is 0 Å². The molecule has 2 nitrogen and oxygen atoms in total. The Morgan fingerprint density at radius 2 is 2.14 bits per heavy atom. The molecule has 1 atom stereocenters. The highest BCUT2D eigenvalue weighted by atomic mass is 16.3. The van der Waals surface area contributed by atoms with E-state index in [2.05, 4.69) is 32.2 Å². The van der Waals surface area contributed by atoms with Gasteiger partial charge in [-0.2, -0.15) is 0 Å². The second kappa shape index (κ2) is 4.65. The summed E-state index contributed by atoms with van der Waals surface area (Å²) in [7, 11) is 2.01. The van der Waals surface area contributed by atoms with Crippen molar-refractivity contribution in [1.29, 1.82) is 0 Å². The van der Waals surface area contributed by atoms with Crippen molar-refractivity contribution in [1.82, 2.24) is 5.32 Å². The van der Waals surface area contributed by atoms with Crippen molar-refractivity contribution in [2.45, 2.75) is 27.2 Å². The Hall–Kier alpha value is -0.760. The molecule has 0 radical (unpaired) electrons. The minimum Gasteiger partial charge on any atom is -0.472 e. The second-order valence-electron chi connectivity index (χ2n) is 4.96. The Bertz CT molecular complexity index is 246. The van der Waals surface area contributed by atoms with E-state index in [1.807, 2.05) is 13.3 Å². The number of hydrogen-bond acceptors (Lipinski definition) is 2. The molecule has 0 aliphatic carbocycles. The molecule has 0 aromatic carbocycles. The van der Waals surface area contributed by atoms with Gasteiger partial charge < -0.3 is 9.73 Å². The Balaban J connectivity index is 2.60. The maximum Gasteiger partial charge on any atom is 0.0934 e. The molecule has 1 unspecified atom stereocenters. The van der Waals surface area contributed by atoms with Gasteiger partial charge in [-0.1, -0.05) is 20.8 Å². The topological polar surface area (TPSA) is 25.2 Å². The summed E-state index contributed by atoms with van der Waals surface area (Å²) in [5.74, 6) is 0.644. The van der Waals surface area contributed by atoms with Gasteiger partial charge in [-0.3, -0.25) is 0 Å². The Kier molecular flexibility index (Phi) is 3.76. The monoisotopic (exact) mass is 195 g/mol. The van der Waals surface area contributed by atoms with Gasteiger partial charge in [0.25, 0.3) is 0 Å². The first-order valence-electron chi connectivity index (χ1n) is 5.19. The largest absolute Gasteiger partial charge is 0.472 e. The number of furan rings is 1. The minimum atomic E-state index is 0.334. The lowest BCUT2D eigenvalue weighted by molar-refractivity contribution is 0.234. The maximum atomic E-state index is 5.09. The summed E-state index contributed by atoms with van der Waals surface area (Å²) >= 11 is 0. The van der Waals surface area contributed by atoms with Crippen LogP contribution < -0.4 is 5.32 Å². The van der Waals surface area contributed by atoms with Gasteiger partial charge in [0, 0.05) is 0 Å². The molecule has 0 saturated carbocycles. The van der Waals surface area contributed by atoms with Crippen LogP contribution in [0.4, 0.5) is 0 Å². The van der Waals surface area contributed by atoms with Crippen molar-refractivity contribution in [2.24, 2.45) is 11.3 Å². The van der Waals surface area contributed by atoms with E-state index in [1.54, 1.807) is 6.26 Å². The third-order valence-corrected chi connectivity index (χ3v) is 2.74. The molecule has 0 bridgehead atoms. The Morgan fingerprint density at radius 1 is 1.43 bits per heavy atom. The lowest BCUT2D eigenvalue weighted by Gasteiger charge is -2.30. The normalized spacial score (nSPS) is 14.3. The number of nitrogens with one attached hydrogen (secondary N) is 1. The molecular formula is C12H21NO. The molecule has 1 heterocycles. The molecule has 2 heteroatoms. The molecule has 0 amide bonds. The van der Waals surface area contributed by atoms with Crippen molar-refractivity contribution in [3.05, 3.63) is 24.2 Å². The molecule has 0 aliphatic rings. The predicted octanol–water partition coefficient (Wildman–Crippen LogP) is 2.70. The second-order valence-corrected chi connectivity index (χ2v) is 4.96. The summed E-state index contributed by atoms with van der Waals surface area (Å²) in [4.78, 5) is 0. The molecule has 0 aliphatic heterocycles. The molecule has 80 valence electrons.